The molecule has 0 amide bonds. The lowest BCUT2D eigenvalue weighted by atomic mass is 10.0. The number of rotatable bonds is 2. The standard InChI is InChI=1S/C33H23N3OS/c37-38-31-13-7-6-12-28(31)36(29-17-14-24(20-32(29)38)22-8-2-1-3-9-22)25-15-16-27-30(21-25)35-19-18-23-10-4-5-11-26(23)33(35)34-27/h1-6,8-12,14-21H,7,13H2. The summed E-state index contributed by atoms with van der Waals surface area (Å²) >= 11 is 0. The Morgan fingerprint density at radius 3 is 2.61 bits per heavy atom. The third kappa shape index (κ3) is 3.15. The van der Waals surface area contributed by atoms with Crippen molar-refractivity contribution in [3.63, 3.8) is 0 Å². The van der Waals surface area contributed by atoms with E-state index in [0.717, 1.165) is 72.9 Å². The van der Waals surface area contributed by atoms with E-state index in [4.69, 9.17) is 4.98 Å². The lowest BCUT2D eigenvalue weighted by Gasteiger charge is -2.35. The highest BCUT2D eigenvalue weighted by molar-refractivity contribution is 7.89. The number of hydrogen-bond donors (Lipinski definition) is 0. The molecule has 8 rings (SSSR count). The Labute approximate surface area is 222 Å². The number of hydrogen-bond acceptors (Lipinski definition) is 3. The highest BCUT2D eigenvalue weighted by Gasteiger charge is 2.32. The second-order valence-corrected chi connectivity index (χ2v) is 11.3. The van der Waals surface area contributed by atoms with E-state index in [-0.39, 0.29) is 0 Å². The zero-order valence-electron chi connectivity index (χ0n) is 20.5. The lowest BCUT2D eigenvalue weighted by Crippen LogP contribution is -2.25. The van der Waals surface area contributed by atoms with Crippen molar-refractivity contribution < 1.29 is 4.21 Å². The molecule has 1 unspecified atom stereocenters. The summed E-state index contributed by atoms with van der Waals surface area (Å²) in [7, 11) is -1.20. The minimum Gasteiger partial charge on any atom is -0.308 e. The van der Waals surface area contributed by atoms with Crippen LogP contribution in [-0.2, 0) is 10.8 Å². The van der Waals surface area contributed by atoms with Crippen molar-refractivity contribution in [2.75, 3.05) is 4.90 Å². The number of anilines is 2. The van der Waals surface area contributed by atoms with Gasteiger partial charge in [-0.15, -0.1) is 0 Å². The average molecular weight is 510 g/mol. The third-order valence-electron chi connectivity index (χ3n) is 7.61. The maximum atomic E-state index is 13.9. The first kappa shape index (κ1) is 21.6. The summed E-state index contributed by atoms with van der Waals surface area (Å²) in [4.78, 5) is 9.12. The Hall–Kier alpha value is -4.48. The molecule has 4 nitrogen and oxygen atoms in total. The van der Waals surface area contributed by atoms with E-state index < -0.39 is 10.8 Å². The molecule has 3 heterocycles. The zero-order valence-corrected chi connectivity index (χ0v) is 21.4. The van der Waals surface area contributed by atoms with Crippen LogP contribution in [0.4, 0.5) is 11.4 Å². The Morgan fingerprint density at radius 1 is 0.816 bits per heavy atom. The zero-order chi connectivity index (χ0) is 25.2. The molecule has 2 aromatic heterocycles. The Kier molecular flexibility index (Phi) is 4.70. The predicted octanol–water partition coefficient (Wildman–Crippen LogP) is 8.13. The topological polar surface area (TPSA) is 37.6 Å². The fourth-order valence-electron chi connectivity index (χ4n) is 5.78. The van der Waals surface area contributed by atoms with Crippen molar-refractivity contribution in [3.8, 4) is 11.1 Å². The summed E-state index contributed by atoms with van der Waals surface area (Å²) in [6.45, 7) is 0. The molecule has 6 aromatic rings. The van der Waals surface area contributed by atoms with Crippen LogP contribution in [-0.4, -0.2) is 13.6 Å². The molecule has 0 saturated carbocycles. The highest BCUT2D eigenvalue weighted by atomic mass is 32.2. The van der Waals surface area contributed by atoms with Gasteiger partial charge in [0.25, 0.3) is 0 Å². The first-order valence-corrected chi connectivity index (χ1v) is 14.0. The molecule has 5 heteroatoms. The van der Waals surface area contributed by atoms with Gasteiger partial charge >= 0.3 is 0 Å². The fraction of sp³-hybridized carbons (Fsp3) is 0.0606. The van der Waals surface area contributed by atoms with Crippen molar-refractivity contribution in [1.82, 2.24) is 9.38 Å². The van der Waals surface area contributed by atoms with Gasteiger partial charge in [-0.2, -0.15) is 0 Å². The van der Waals surface area contributed by atoms with Gasteiger partial charge in [0.1, 0.15) is 5.65 Å². The molecule has 4 aromatic carbocycles. The van der Waals surface area contributed by atoms with Crippen LogP contribution < -0.4 is 4.90 Å². The van der Waals surface area contributed by atoms with Crippen molar-refractivity contribution in [1.29, 1.82) is 0 Å². The normalized spacial score (nSPS) is 16.8. The Morgan fingerprint density at radius 2 is 1.68 bits per heavy atom. The molecule has 0 spiro atoms. The summed E-state index contributed by atoms with van der Waals surface area (Å²) in [6.07, 6.45) is 8.13. The van der Waals surface area contributed by atoms with Gasteiger partial charge in [0.2, 0.25) is 0 Å². The third-order valence-corrected chi connectivity index (χ3v) is 9.20. The number of pyridine rings is 1. The summed E-state index contributed by atoms with van der Waals surface area (Å²) in [5.74, 6) is 0. The largest absolute Gasteiger partial charge is 0.308 e. The molecular weight excluding hydrogens is 486 g/mol. The van der Waals surface area contributed by atoms with Gasteiger partial charge in [-0.25, -0.2) is 9.19 Å². The molecule has 1 aliphatic heterocycles. The van der Waals surface area contributed by atoms with E-state index in [2.05, 4.69) is 107 Å². The van der Waals surface area contributed by atoms with Crippen molar-refractivity contribution >= 4 is 49.6 Å². The molecule has 0 N–H and O–H groups in total. The van der Waals surface area contributed by atoms with E-state index in [0.29, 0.717) is 0 Å². The summed E-state index contributed by atoms with van der Waals surface area (Å²) in [5, 5.41) is 2.32. The van der Waals surface area contributed by atoms with Crippen molar-refractivity contribution in [2.24, 2.45) is 0 Å². The highest BCUT2D eigenvalue weighted by Crippen LogP contribution is 2.46. The van der Waals surface area contributed by atoms with Crippen LogP contribution in [0, 0.1) is 0 Å². The molecule has 38 heavy (non-hydrogen) atoms. The molecule has 1 aliphatic carbocycles. The molecule has 1 atom stereocenters. The SMILES string of the molecule is O=S1C2=C(C=CCC2)N(c2ccc3nc4c5ccccc5ccn4c3c2)c2ccc(-c3ccccc3)cc21. The number of fused-ring (bicyclic) bond motifs is 6. The van der Waals surface area contributed by atoms with Crippen LogP contribution in [0.25, 0.3) is 38.6 Å². The number of imidazole rings is 1. The van der Waals surface area contributed by atoms with Crippen LogP contribution in [0.2, 0.25) is 0 Å². The first-order valence-electron chi connectivity index (χ1n) is 12.9. The lowest BCUT2D eigenvalue weighted by molar-refractivity contribution is 0.683. The van der Waals surface area contributed by atoms with E-state index >= 15 is 0 Å². The summed E-state index contributed by atoms with van der Waals surface area (Å²) in [5.41, 5.74) is 8.20. The van der Waals surface area contributed by atoms with Crippen LogP contribution in [0.15, 0.2) is 131 Å². The van der Waals surface area contributed by atoms with E-state index in [1.165, 1.54) is 5.39 Å². The minimum atomic E-state index is -1.20. The van der Waals surface area contributed by atoms with E-state index in [1.807, 2.05) is 18.2 Å². The maximum Gasteiger partial charge on any atom is 0.145 e. The van der Waals surface area contributed by atoms with Crippen molar-refractivity contribution in [2.45, 2.75) is 17.7 Å². The second-order valence-electron chi connectivity index (χ2n) is 9.78. The number of allylic oxidation sites excluding steroid dienone is 3. The molecule has 0 bridgehead atoms. The second kappa shape index (κ2) is 8.27. The molecule has 182 valence electrons. The van der Waals surface area contributed by atoms with Crippen LogP contribution in [0.3, 0.4) is 0 Å². The smallest absolute Gasteiger partial charge is 0.145 e. The summed E-state index contributed by atoms with van der Waals surface area (Å²) < 4.78 is 16.0. The van der Waals surface area contributed by atoms with Gasteiger partial charge in [0.15, 0.2) is 0 Å². The predicted molar refractivity (Wildman–Crippen MR) is 156 cm³/mol. The van der Waals surface area contributed by atoms with Crippen molar-refractivity contribution in [3.05, 3.63) is 126 Å². The first-order chi connectivity index (χ1) is 18.8. The molecule has 0 saturated heterocycles. The van der Waals surface area contributed by atoms with Crippen LogP contribution in [0.5, 0.6) is 0 Å². The van der Waals surface area contributed by atoms with Gasteiger partial charge in [0.05, 0.1) is 38.1 Å². The van der Waals surface area contributed by atoms with Gasteiger partial charge in [-0.05, 0) is 71.8 Å². The molecule has 0 fully saturated rings. The van der Waals surface area contributed by atoms with Crippen LogP contribution in [0.1, 0.15) is 12.8 Å². The van der Waals surface area contributed by atoms with Gasteiger partial charge in [0, 0.05) is 22.2 Å². The fourth-order valence-corrected chi connectivity index (χ4v) is 7.28. The Bertz CT molecular complexity index is 2000. The Balaban J connectivity index is 1.35. The minimum absolute atomic E-state index is 0.799. The van der Waals surface area contributed by atoms with E-state index in [9.17, 15) is 4.21 Å². The summed E-state index contributed by atoms with van der Waals surface area (Å²) in [6, 6.07) is 33.6. The molecule has 2 aliphatic rings. The van der Waals surface area contributed by atoms with Gasteiger partial charge < -0.3 is 4.90 Å². The van der Waals surface area contributed by atoms with Gasteiger partial charge in [-0.1, -0.05) is 66.7 Å². The number of benzene rings is 4. The quantitative estimate of drug-likeness (QED) is 0.236. The number of nitrogens with zero attached hydrogens (tertiary/aromatic N) is 3. The maximum absolute atomic E-state index is 13.9. The van der Waals surface area contributed by atoms with Gasteiger partial charge in [-0.3, -0.25) is 4.40 Å². The number of aromatic nitrogens is 2. The monoisotopic (exact) mass is 509 g/mol. The van der Waals surface area contributed by atoms with E-state index in [1.54, 1.807) is 0 Å². The molecule has 0 radical (unpaired) electrons. The average Bonchev–Trinajstić information content (AvgIpc) is 3.36. The molecular formula is C33H23N3OS. The van der Waals surface area contributed by atoms with Crippen LogP contribution >= 0.6 is 0 Å².